The number of carboxylic acids is 1. The zero-order valence-electron chi connectivity index (χ0n) is 10.6. The second kappa shape index (κ2) is 6.74. The van der Waals surface area contributed by atoms with E-state index in [0.29, 0.717) is 10.5 Å². The smallest absolute Gasteiger partial charge is 0.336 e. The summed E-state index contributed by atoms with van der Waals surface area (Å²) in [6.45, 7) is 0. The second-order valence-electron chi connectivity index (χ2n) is 4.12. The minimum absolute atomic E-state index is 0.0131. The largest absolute Gasteiger partial charge is 0.478 e. The molecule has 0 bridgehead atoms. The highest BCUT2D eigenvalue weighted by molar-refractivity contribution is 9.10. The van der Waals surface area contributed by atoms with Crippen LogP contribution in [-0.4, -0.2) is 11.1 Å². The predicted molar refractivity (Wildman–Crippen MR) is 81.8 cm³/mol. The number of hydrogen-bond acceptors (Lipinski definition) is 3. The molecule has 0 unspecified atom stereocenters. The Labute approximate surface area is 133 Å². The maximum atomic E-state index is 14.0. The van der Waals surface area contributed by atoms with Crippen LogP contribution in [0.2, 0.25) is 0 Å². The summed E-state index contributed by atoms with van der Waals surface area (Å²) >= 11 is 4.50. The van der Waals surface area contributed by atoms with Crippen molar-refractivity contribution in [2.75, 3.05) is 0 Å². The van der Waals surface area contributed by atoms with Crippen LogP contribution in [0.5, 0.6) is 0 Å². The van der Waals surface area contributed by atoms with E-state index in [1.54, 1.807) is 30.3 Å². The molecule has 0 fully saturated rings. The van der Waals surface area contributed by atoms with Gasteiger partial charge < -0.3 is 5.11 Å². The van der Waals surface area contributed by atoms with Crippen molar-refractivity contribution >= 4 is 33.7 Å². The summed E-state index contributed by atoms with van der Waals surface area (Å²) in [6.07, 6.45) is 0. The van der Waals surface area contributed by atoms with Gasteiger partial charge in [0.05, 0.1) is 11.1 Å². The van der Waals surface area contributed by atoms with Crippen molar-refractivity contribution in [1.82, 2.24) is 0 Å². The van der Waals surface area contributed by atoms with Crippen molar-refractivity contribution in [2.45, 2.75) is 10.6 Å². The van der Waals surface area contributed by atoms with E-state index in [9.17, 15) is 9.18 Å². The van der Waals surface area contributed by atoms with Crippen LogP contribution < -0.4 is 0 Å². The van der Waals surface area contributed by atoms with E-state index in [4.69, 9.17) is 10.4 Å². The number of benzene rings is 2. The van der Waals surface area contributed by atoms with E-state index in [-0.39, 0.29) is 16.9 Å². The number of rotatable bonds is 4. The van der Waals surface area contributed by atoms with Gasteiger partial charge in [-0.05, 0) is 29.8 Å². The van der Waals surface area contributed by atoms with Crippen LogP contribution in [0.4, 0.5) is 4.39 Å². The van der Waals surface area contributed by atoms with E-state index < -0.39 is 11.8 Å². The van der Waals surface area contributed by atoms with Gasteiger partial charge in [0.1, 0.15) is 11.9 Å². The van der Waals surface area contributed by atoms with Crippen LogP contribution in [0.3, 0.4) is 0 Å². The molecule has 2 aromatic carbocycles. The first-order valence-electron chi connectivity index (χ1n) is 5.86. The summed E-state index contributed by atoms with van der Waals surface area (Å²) in [4.78, 5) is 11.7. The lowest BCUT2D eigenvalue weighted by atomic mass is 10.1. The van der Waals surface area contributed by atoms with Crippen LogP contribution in [-0.2, 0) is 5.75 Å². The number of halogens is 2. The molecule has 0 saturated carbocycles. The lowest BCUT2D eigenvalue weighted by molar-refractivity contribution is 0.0693. The summed E-state index contributed by atoms with van der Waals surface area (Å²) in [5.74, 6) is -1.34. The molecule has 0 aliphatic heterocycles. The van der Waals surface area contributed by atoms with Gasteiger partial charge >= 0.3 is 5.97 Å². The molecule has 2 aromatic rings. The predicted octanol–water partition coefficient (Wildman–Crippen LogP) is 4.45. The van der Waals surface area contributed by atoms with Gasteiger partial charge in [-0.1, -0.05) is 28.1 Å². The molecular weight excluding hydrogens is 357 g/mol. The van der Waals surface area contributed by atoms with E-state index in [0.717, 1.165) is 4.47 Å². The van der Waals surface area contributed by atoms with Gasteiger partial charge in [0.2, 0.25) is 0 Å². The number of carbonyl (C=O) groups is 1. The van der Waals surface area contributed by atoms with Crippen molar-refractivity contribution in [1.29, 1.82) is 5.26 Å². The van der Waals surface area contributed by atoms with Crippen molar-refractivity contribution in [3.8, 4) is 6.07 Å². The number of nitrogens with zero attached hydrogens (tertiary/aromatic N) is 1. The Morgan fingerprint density at radius 3 is 2.81 bits per heavy atom. The van der Waals surface area contributed by atoms with Crippen LogP contribution in [0.15, 0.2) is 45.8 Å². The lowest BCUT2D eigenvalue weighted by Crippen LogP contribution is -1.99. The highest BCUT2D eigenvalue weighted by Crippen LogP contribution is 2.30. The van der Waals surface area contributed by atoms with Crippen LogP contribution in [0.1, 0.15) is 21.5 Å². The average molecular weight is 366 g/mol. The minimum atomic E-state index is -1.03. The normalized spacial score (nSPS) is 10.1. The minimum Gasteiger partial charge on any atom is -0.478 e. The monoisotopic (exact) mass is 365 g/mol. The first kappa shape index (κ1) is 15.5. The third kappa shape index (κ3) is 3.63. The fourth-order valence-corrected chi connectivity index (χ4v) is 3.29. The number of nitriles is 1. The fourth-order valence-electron chi connectivity index (χ4n) is 1.73. The molecule has 0 aromatic heterocycles. The molecule has 3 nitrogen and oxygen atoms in total. The SMILES string of the molecule is N#Cc1cccc(CSc2cc(Br)ccc2C(=O)O)c1F. The quantitative estimate of drug-likeness (QED) is 0.813. The standard InChI is InChI=1S/C15H9BrFNO2S/c16-11-4-5-12(15(19)20)13(6-11)21-8-10-3-1-2-9(7-18)14(10)17/h1-6H,8H2,(H,19,20). The van der Waals surface area contributed by atoms with Gasteiger partial charge in [-0.2, -0.15) is 5.26 Å². The van der Waals surface area contributed by atoms with Gasteiger partial charge in [0, 0.05) is 15.1 Å². The highest BCUT2D eigenvalue weighted by Gasteiger charge is 2.13. The summed E-state index contributed by atoms with van der Waals surface area (Å²) in [7, 11) is 0. The van der Waals surface area contributed by atoms with Crippen molar-refractivity contribution in [2.24, 2.45) is 0 Å². The summed E-state index contributed by atoms with van der Waals surface area (Å²) in [6, 6.07) is 11.2. The number of carboxylic acid groups (broad SMARTS) is 1. The van der Waals surface area contributed by atoms with E-state index in [2.05, 4.69) is 15.9 Å². The summed E-state index contributed by atoms with van der Waals surface area (Å²) in [5.41, 5.74) is 0.524. The number of aromatic carboxylic acids is 1. The van der Waals surface area contributed by atoms with Gasteiger partial charge in [-0.3, -0.25) is 0 Å². The van der Waals surface area contributed by atoms with Gasteiger partial charge in [-0.15, -0.1) is 11.8 Å². The Balaban J connectivity index is 2.27. The van der Waals surface area contributed by atoms with Gasteiger partial charge in [0.15, 0.2) is 0 Å². The molecule has 0 heterocycles. The molecule has 0 atom stereocenters. The van der Waals surface area contributed by atoms with E-state index in [1.807, 2.05) is 0 Å². The molecule has 0 aliphatic rings. The van der Waals surface area contributed by atoms with Crippen molar-refractivity contribution in [3.63, 3.8) is 0 Å². The maximum absolute atomic E-state index is 14.0. The molecule has 0 radical (unpaired) electrons. The Morgan fingerprint density at radius 2 is 2.14 bits per heavy atom. The molecule has 0 amide bonds. The molecule has 6 heteroatoms. The molecule has 0 saturated heterocycles. The first-order chi connectivity index (χ1) is 10.0. The fraction of sp³-hybridized carbons (Fsp3) is 0.0667. The average Bonchev–Trinajstić information content (AvgIpc) is 2.46. The number of thioether (sulfide) groups is 1. The second-order valence-corrected chi connectivity index (χ2v) is 6.06. The topological polar surface area (TPSA) is 61.1 Å². The zero-order chi connectivity index (χ0) is 15.4. The van der Waals surface area contributed by atoms with Crippen LogP contribution in [0.25, 0.3) is 0 Å². The lowest BCUT2D eigenvalue weighted by Gasteiger charge is -2.08. The molecule has 1 N–H and O–H groups in total. The van der Waals surface area contributed by atoms with Gasteiger partial charge in [0.25, 0.3) is 0 Å². The highest BCUT2D eigenvalue weighted by atomic mass is 79.9. The third-order valence-electron chi connectivity index (χ3n) is 2.76. The Morgan fingerprint density at radius 1 is 1.38 bits per heavy atom. The Bertz CT molecular complexity index is 743. The van der Waals surface area contributed by atoms with Crippen LogP contribution >= 0.6 is 27.7 Å². The third-order valence-corrected chi connectivity index (χ3v) is 4.35. The van der Waals surface area contributed by atoms with Crippen molar-refractivity contribution < 1.29 is 14.3 Å². The molecule has 2 rings (SSSR count). The molecule has 21 heavy (non-hydrogen) atoms. The maximum Gasteiger partial charge on any atom is 0.336 e. The first-order valence-corrected chi connectivity index (χ1v) is 7.64. The summed E-state index contributed by atoms with van der Waals surface area (Å²) < 4.78 is 14.7. The molecular formula is C15H9BrFNO2S. The van der Waals surface area contributed by atoms with E-state index >= 15 is 0 Å². The molecule has 0 spiro atoms. The molecule has 106 valence electrons. The Kier molecular flexibility index (Phi) is 4.99. The van der Waals surface area contributed by atoms with Gasteiger partial charge in [-0.25, -0.2) is 9.18 Å². The Hall–Kier alpha value is -1.84. The summed E-state index contributed by atoms with van der Waals surface area (Å²) in [5, 5.41) is 17.9. The zero-order valence-corrected chi connectivity index (χ0v) is 13.0. The molecule has 0 aliphatic carbocycles. The van der Waals surface area contributed by atoms with Crippen LogP contribution in [0, 0.1) is 17.1 Å². The van der Waals surface area contributed by atoms with Crippen molar-refractivity contribution in [3.05, 3.63) is 63.4 Å². The number of hydrogen-bond donors (Lipinski definition) is 1. The van der Waals surface area contributed by atoms with E-state index in [1.165, 1.54) is 23.9 Å².